The van der Waals surface area contributed by atoms with Gasteiger partial charge in [-0.3, -0.25) is 8.98 Å². The van der Waals surface area contributed by atoms with Crippen LogP contribution in [0.15, 0.2) is 33.6 Å². The summed E-state index contributed by atoms with van der Waals surface area (Å²) in [5.74, 6) is -0.408. The van der Waals surface area contributed by atoms with Crippen molar-refractivity contribution in [2.75, 3.05) is 13.2 Å². The van der Waals surface area contributed by atoms with Crippen LogP contribution in [0.2, 0.25) is 0 Å². The van der Waals surface area contributed by atoms with Gasteiger partial charge >= 0.3 is 5.97 Å². The molecule has 0 bridgehead atoms. The van der Waals surface area contributed by atoms with Gasteiger partial charge in [-0.1, -0.05) is 29.8 Å². The fourth-order valence-electron chi connectivity index (χ4n) is 1.25. The highest BCUT2D eigenvalue weighted by atomic mass is 79.9. The minimum absolute atomic E-state index is 0.0708. The van der Waals surface area contributed by atoms with Crippen LogP contribution in [0, 0.1) is 5.41 Å². The Hall–Kier alpha value is -0.920. The fourth-order valence-corrected chi connectivity index (χ4v) is 2.59. The van der Waals surface area contributed by atoms with E-state index in [2.05, 4.69) is 15.9 Å². The number of halogens is 1. The van der Waals surface area contributed by atoms with E-state index >= 15 is 0 Å². The Morgan fingerprint density at radius 3 is 2.25 bits per heavy atom. The Bertz CT molecular complexity index is 563. The Balaban J connectivity index is 2.67. The van der Waals surface area contributed by atoms with Crippen molar-refractivity contribution in [3.8, 4) is 0 Å². The van der Waals surface area contributed by atoms with E-state index in [4.69, 9.17) is 8.92 Å². The van der Waals surface area contributed by atoms with Gasteiger partial charge in [0.05, 0.1) is 18.1 Å². The van der Waals surface area contributed by atoms with Gasteiger partial charge in [0.15, 0.2) is 0 Å². The number of carbonyl (C=O) groups is 1. The molecule has 20 heavy (non-hydrogen) atoms. The molecule has 7 heteroatoms. The molecule has 1 aromatic carbocycles. The molecule has 0 N–H and O–H groups in total. The van der Waals surface area contributed by atoms with Crippen molar-refractivity contribution in [3.63, 3.8) is 0 Å². The third kappa shape index (κ3) is 5.60. The molecule has 0 amide bonds. The van der Waals surface area contributed by atoms with Crippen LogP contribution in [-0.2, 0) is 23.8 Å². The number of benzene rings is 1. The number of hydrogen-bond donors (Lipinski definition) is 0. The highest BCUT2D eigenvalue weighted by molar-refractivity contribution is 9.10. The zero-order valence-electron chi connectivity index (χ0n) is 11.6. The number of ether oxygens (including phenoxy) is 1. The maximum absolute atomic E-state index is 12.0. The third-order valence-corrected chi connectivity index (χ3v) is 4.18. The average molecular weight is 365 g/mol. The van der Waals surface area contributed by atoms with Gasteiger partial charge in [-0.15, -0.1) is 0 Å². The summed E-state index contributed by atoms with van der Waals surface area (Å²) < 4.78 is 34.6. The first-order valence-electron chi connectivity index (χ1n) is 5.91. The average Bonchev–Trinajstić information content (AvgIpc) is 2.35. The van der Waals surface area contributed by atoms with Gasteiger partial charge < -0.3 is 4.74 Å². The molecule has 0 radical (unpaired) electrons. The Labute approximate surface area is 127 Å². The van der Waals surface area contributed by atoms with Crippen molar-refractivity contribution < 1.29 is 22.1 Å². The molecule has 0 saturated carbocycles. The van der Waals surface area contributed by atoms with E-state index in [-0.39, 0.29) is 18.1 Å². The van der Waals surface area contributed by atoms with Crippen molar-refractivity contribution in [1.29, 1.82) is 0 Å². The topological polar surface area (TPSA) is 69.7 Å². The lowest BCUT2D eigenvalue weighted by Crippen LogP contribution is -2.28. The Morgan fingerprint density at radius 2 is 1.75 bits per heavy atom. The molecule has 1 rings (SSSR count). The quantitative estimate of drug-likeness (QED) is 0.573. The van der Waals surface area contributed by atoms with E-state index in [1.165, 1.54) is 19.1 Å². The van der Waals surface area contributed by atoms with Crippen molar-refractivity contribution in [2.45, 2.75) is 25.7 Å². The van der Waals surface area contributed by atoms with E-state index in [0.29, 0.717) is 0 Å². The first-order chi connectivity index (χ1) is 9.12. The second-order valence-corrected chi connectivity index (χ2v) is 7.65. The first kappa shape index (κ1) is 17.1. The summed E-state index contributed by atoms with van der Waals surface area (Å²) in [6.45, 7) is 4.84. The predicted octanol–water partition coefficient (Wildman–Crippen LogP) is 2.74. The van der Waals surface area contributed by atoms with Crippen LogP contribution in [0.3, 0.4) is 0 Å². The second kappa shape index (κ2) is 6.69. The van der Waals surface area contributed by atoms with E-state index in [0.717, 1.165) is 4.47 Å². The van der Waals surface area contributed by atoms with Gasteiger partial charge in [-0.25, -0.2) is 0 Å². The van der Waals surface area contributed by atoms with Crippen LogP contribution in [0.4, 0.5) is 0 Å². The lowest BCUT2D eigenvalue weighted by atomic mass is 9.97. The van der Waals surface area contributed by atoms with Gasteiger partial charge in [0.1, 0.15) is 0 Å². The standard InChI is InChI=1S/C13H17BrO5S/c1-10(15)18-8-13(2,3)9-19-20(16,17)12-6-4-11(14)5-7-12/h4-7H,8-9H2,1-3H3. The maximum Gasteiger partial charge on any atom is 0.302 e. The molecule has 0 atom stereocenters. The van der Waals surface area contributed by atoms with Gasteiger partial charge in [0.2, 0.25) is 0 Å². The summed E-state index contributed by atoms with van der Waals surface area (Å²) in [4.78, 5) is 10.8. The van der Waals surface area contributed by atoms with E-state index in [1.54, 1.807) is 26.0 Å². The van der Waals surface area contributed by atoms with Gasteiger partial charge in [-0.05, 0) is 24.3 Å². The Morgan fingerprint density at radius 1 is 1.20 bits per heavy atom. The SMILES string of the molecule is CC(=O)OCC(C)(C)COS(=O)(=O)c1ccc(Br)cc1. The van der Waals surface area contributed by atoms with E-state index in [9.17, 15) is 13.2 Å². The molecule has 0 aliphatic heterocycles. The molecule has 0 fully saturated rings. The lowest BCUT2D eigenvalue weighted by Gasteiger charge is -2.23. The Kier molecular flexibility index (Phi) is 5.73. The van der Waals surface area contributed by atoms with Crippen LogP contribution >= 0.6 is 15.9 Å². The summed E-state index contributed by atoms with van der Waals surface area (Å²) >= 11 is 3.23. The molecular formula is C13H17BrO5S. The van der Waals surface area contributed by atoms with Crippen molar-refractivity contribution in [2.24, 2.45) is 5.41 Å². The number of rotatable bonds is 6. The van der Waals surface area contributed by atoms with Crippen molar-refractivity contribution in [1.82, 2.24) is 0 Å². The molecule has 112 valence electrons. The van der Waals surface area contributed by atoms with Gasteiger partial charge in [0.25, 0.3) is 10.1 Å². The summed E-state index contributed by atoms with van der Waals surface area (Å²) in [5, 5.41) is 0. The molecule has 0 saturated heterocycles. The minimum atomic E-state index is -3.81. The molecule has 5 nitrogen and oxygen atoms in total. The van der Waals surface area contributed by atoms with Crippen LogP contribution in [0.25, 0.3) is 0 Å². The summed E-state index contributed by atoms with van der Waals surface area (Å²) in [7, 11) is -3.81. The molecule has 1 aromatic rings. The highest BCUT2D eigenvalue weighted by Gasteiger charge is 2.25. The number of esters is 1. The summed E-state index contributed by atoms with van der Waals surface area (Å²) in [6.07, 6.45) is 0. The lowest BCUT2D eigenvalue weighted by molar-refractivity contribution is -0.144. The zero-order valence-corrected chi connectivity index (χ0v) is 14.0. The zero-order chi connectivity index (χ0) is 15.4. The monoisotopic (exact) mass is 364 g/mol. The first-order valence-corrected chi connectivity index (χ1v) is 8.11. The van der Waals surface area contributed by atoms with E-state index in [1.807, 2.05) is 0 Å². The third-order valence-electron chi connectivity index (χ3n) is 2.37. The largest absolute Gasteiger partial charge is 0.465 e. The minimum Gasteiger partial charge on any atom is -0.465 e. The van der Waals surface area contributed by atoms with Crippen LogP contribution in [0.5, 0.6) is 0 Å². The van der Waals surface area contributed by atoms with Crippen LogP contribution in [0.1, 0.15) is 20.8 Å². The molecule has 0 aliphatic carbocycles. The van der Waals surface area contributed by atoms with E-state index < -0.39 is 21.5 Å². The molecular weight excluding hydrogens is 348 g/mol. The highest BCUT2D eigenvalue weighted by Crippen LogP contribution is 2.21. The normalized spacial score (nSPS) is 12.2. The molecule has 0 heterocycles. The van der Waals surface area contributed by atoms with Gasteiger partial charge in [-0.2, -0.15) is 8.42 Å². The molecule has 0 aliphatic rings. The second-order valence-electron chi connectivity index (χ2n) is 5.11. The molecule has 0 unspecified atom stereocenters. The van der Waals surface area contributed by atoms with Crippen LogP contribution < -0.4 is 0 Å². The smallest absolute Gasteiger partial charge is 0.302 e. The predicted molar refractivity (Wildman–Crippen MR) is 77.7 cm³/mol. The number of hydrogen-bond acceptors (Lipinski definition) is 5. The summed E-state index contributed by atoms with van der Waals surface area (Å²) in [6, 6.07) is 6.16. The van der Waals surface area contributed by atoms with Crippen molar-refractivity contribution >= 4 is 32.0 Å². The maximum atomic E-state index is 12.0. The summed E-state index contributed by atoms with van der Waals surface area (Å²) in [5.41, 5.74) is -0.589. The fraction of sp³-hybridized carbons (Fsp3) is 0.462. The molecule has 0 aromatic heterocycles. The van der Waals surface area contributed by atoms with Gasteiger partial charge in [0, 0.05) is 16.8 Å². The van der Waals surface area contributed by atoms with Crippen molar-refractivity contribution in [3.05, 3.63) is 28.7 Å². The van der Waals surface area contributed by atoms with Crippen LogP contribution in [-0.4, -0.2) is 27.6 Å². The number of carbonyl (C=O) groups excluding carboxylic acids is 1. The molecule has 0 spiro atoms.